The fraction of sp³-hybridized carbons (Fsp3) is 0.400. The number of nitrogens with one attached hydrogen (secondary N) is 2. The quantitative estimate of drug-likeness (QED) is 0.708. The van der Waals surface area contributed by atoms with Gasteiger partial charge in [-0.2, -0.15) is 4.98 Å². The van der Waals surface area contributed by atoms with E-state index in [-0.39, 0.29) is 24.8 Å². The molecule has 0 aliphatic heterocycles. The molecular weight excluding hydrogens is 348 g/mol. The molecule has 1 aromatic carbocycles. The SMILES string of the molecule is COc1ccc(-c2noc(C(C)NC(=O)CCNS(C)(=O)=O)n2)cc1. The molecule has 1 heterocycles. The highest BCUT2D eigenvalue weighted by atomic mass is 32.2. The number of hydrogen-bond acceptors (Lipinski definition) is 7. The molecular formula is C15H20N4O5S. The Labute approximate surface area is 145 Å². The number of nitrogens with zero attached hydrogens (tertiary/aromatic N) is 2. The Balaban J connectivity index is 1.93. The minimum Gasteiger partial charge on any atom is -0.497 e. The van der Waals surface area contributed by atoms with Gasteiger partial charge in [-0.1, -0.05) is 5.16 Å². The molecule has 10 heteroatoms. The van der Waals surface area contributed by atoms with E-state index in [1.54, 1.807) is 38.3 Å². The van der Waals surface area contributed by atoms with E-state index in [4.69, 9.17) is 9.26 Å². The molecule has 0 saturated carbocycles. The molecule has 1 unspecified atom stereocenters. The number of methoxy groups -OCH3 is 1. The van der Waals surface area contributed by atoms with Crippen LogP contribution in [0, 0.1) is 0 Å². The first-order valence-electron chi connectivity index (χ1n) is 7.50. The van der Waals surface area contributed by atoms with Crippen LogP contribution in [0.2, 0.25) is 0 Å². The normalized spacial score (nSPS) is 12.6. The Hall–Kier alpha value is -2.46. The van der Waals surface area contributed by atoms with E-state index in [0.29, 0.717) is 5.82 Å². The standard InChI is InChI=1S/C15H20N4O5S/c1-10(17-13(20)8-9-16-25(3,21)22)15-18-14(19-24-15)11-4-6-12(23-2)7-5-11/h4-7,10,16H,8-9H2,1-3H3,(H,17,20). The number of ether oxygens (including phenoxy) is 1. The van der Waals surface area contributed by atoms with Gasteiger partial charge in [0.25, 0.3) is 0 Å². The van der Waals surface area contributed by atoms with E-state index < -0.39 is 16.1 Å². The summed E-state index contributed by atoms with van der Waals surface area (Å²) in [6.07, 6.45) is 1.05. The predicted molar refractivity (Wildman–Crippen MR) is 90.3 cm³/mol. The molecule has 9 nitrogen and oxygen atoms in total. The summed E-state index contributed by atoms with van der Waals surface area (Å²) in [5.74, 6) is 1.05. The summed E-state index contributed by atoms with van der Waals surface area (Å²) in [6.45, 7) is 1.73. The smallest absolute Gasteiger partial charge is 0.249 e. The Kier molecular flexibility index (Phi) is 6.10. The van der Waals surface area contributed by atoms with Crippen LogP contribution in [0.4, 0.5) is 0 Å². The van der Waals surface area contributed by atoms with Crippen LogP contribution >= 0.6 is 0 Å². The average molecular weight is 368 g/mol. The second-order valence-electron chi connectivity index (χ2n) is 5.39. The van der Waals surface area contributed by atoms with Crippen molar-refractivity contribution in [2.24, 2.45) is 0 Å². The van der Waals surface area contributed by atoms with Gasteiger partial charge in [-0.25, -0.2) is 13.1 Å². The number of carbonyl (C=O) groups excluding carboxylic acids is 1. The van der Waals surface area contributed by atoms with Gasteiger partial charge >= 0.3 is 0 Å². The van der Waals surface area contributed by atoms with Crippen molar-refractivity contribution in [1.29, 1.82) is 0 Å². The molecule has 0 aliphatic rings. The summed E-state index contributed by atoms with van der Waals surface area (Å²) in [5.41, 5.74) is 0.756. The molecule has 2 N–H and O–H groups in total. The predicted octanol–water partition coefficient (Wildman–Crippen LogP) is 0.862. The molecule has 2 rings (SSSR count). The summed E-state index contributed by atoms with van der Waals surface area (Å²) in [6, 6.07) is 6.67. The highest BCUT2D eigenvalue weighted by Crippen LogP contribution is 2.21. The number of amides is 1. The molecule has 1 aromatic heterocycles. The first kappa shape index (κ1) is 18.9. The number of aromatic nitrogens is 2. The molecule has 1 amide bonds. The van der Waals surface area contributed by atoms with Gasteiger partial charge in [-0.05, 0) is 31.2 Å². The molecule has 25 heavy (non-hydrogen) atoms. The topological polar surface area (TPSA) is 123 Å². The van der Waals surface area contributed by atoms with Crippen LogP contribution in [0.15, 0.2) is 28.8 Å². The minimum absolute atomic E-state index is 0.0108. The maximum Gasteiger partial charge on any atom is 0.249 e. The Morgan fingerprint density at radius 2 is 2.00 bits per heavy atom. The van der Waals surface area contributed by atoms with Crippen LogP contribution in [0.5, 0.6) is 5.75 Å². The van der Waals surface area contributed by atoms with Gasteiger partial charge in [0.1, 0.15) is 11.8 Å². The van der Waals surface area contributed by atoms with Crippen LogP contribution in [-0.4, -0.2) is 44.4 Å². The Bertz CT molecular complexity index is 817. The van der Waals surface area contributed by atoms with Gasteiger partial charge < -0.3 is 14.6 Å². The second-order valence-corrected chi connectivity index (χ2v) is 7.22. The van der Waals surface area contributed by atoms with Gasteiger partial charge in [0.2, 0.25) is 27.6 Å². The third-order valence-corrected chi connectivity index (χ3v) is 3.98. The van der Waals surface area contributed by atoms with Crippen molar-refractivity contribution in [2.45, 2.75) is 19.4 Å². The third kappa shape index (κ3) is 5.84. The van der Waals surface area contributed by atoms with Crippen molar-refractivity contribution in [3.63, 3.8) is 0 Å². The maximum absolute atomic E-state index is 11.8. The van der Waals surface area contributed by atoms with Crippen LogP contribution in [0.25, 0.3) is 11.4 Å². The zero-order valence-electron chi connectivity index (χ0n) is 14.1. The summed E-state index contributed by atoms with van der Waals surface area (Å²) in [4.78, 5) is 16.1. The monoisotopic (exact) mass is 368 g/mol. The van der Waals surface area contributed by atoms with Gasteiger partial charge in [-0.3, -0.25) is 4.79 Å². The zero-order chi connectivity index (χ0) is 18.4. The number of benzene rings is 1. The van der Waals surface area contributed by atoms with Crippen molar-refractivity contribution < 1.29 is 22.5 Å². The molecule has 0 spiro atoms. The van der Waals surface area contributed by atoms with E-state index in [1.165, 1.54) is 0 Å². The molecule has 1 atom stereocenters. The minimum atomic E-state index is -3.31. The zero-order valence-corrected chi connectivity index (χ0v) is 15.0. The van der Waals surface area contributed by atoms with Crippen LogP contribution < -0.4 is 14.8 Å². The fourth-order valence-corrected chi connectivity index (χ4v) is 2.47. The first-order valence-corrected chi connectivity index (χ1v) is 9.39. The van der Waals surface area contributed by atoms with E-state index in [1.807, 2.05) is 0 Å². The lowest BCUT2D eigenvalue weighted by Gasteiger charge is -2.09. The van der Waals surface area contributed by atoms with E-state index in [9.17, 15) is 13.2 Å². The van der Waals surface area contributed by atoms with Crippen molar-refractivity contribution in [2.75, 3.05) is 19.9 Å². The highest BCUT2D eigenvalue weighted by Gasteiger charge is 2.17. The van der Waals surface area contributed by atoms with Gasteiger partial charge in [0.05, 0.1) is 13.4 Å². The lowest BCUT2D eigenvalue weighted by Crippen LogP contribution is -2.31. The first-order chi connectivity index (χ1) is 11.8. The van der Waals surface area contributed by atoms with Crippen molar-refractivity contribution in [3.05, 3.63) is 30.2 Å². The molecule has 0 radical (unpaired) electrons. The van der Waals surface area contributed by atoms with Crippen LogP contribution in [-0.2, 0) is 14.8 Å². The molecule has 0 aliphatic carbocycles. The highest BCUT2D eigenvalue weighted by molar-refractivity contribution is 7.88. The molecule has 0 fully saturated rings. The van der Waals surface area contributed by atoms with Crippen LogP contribution in [0.3, 0.4) is 0 Å². The number of sulfonamides is 1. The summed E-state index contributed by atoms with van der Waals surface area (Å²) >= 11 is 0. The summed E-state index contributed by atoms with van der Waals surface area (Å²) < 4.78 is 34.4. The van der Waals surface area contributed by atoms with Crippen molar-refractivity contribution in [1.82, 2.24) is 20.2 Å². The number of hydrogen-bond donors (Lipinski definition) is 2. The van der Waals surface area contributed by atoms with E-state index in [2.05, 4.69) is 20.2 Å². The third-order valence-electron chi connectivity index (χ3n) is 3.25. The van der Waals surface area contributed by atoms with Crippen molar-refractivity contribution in [3.8, 4) is 17.1 Å². The maximum atomic E-state index is 11.8. The van der Waals surface area contributed by atoms with E-state index >= 15 is 0 Å². The van der Waals surface area contributed by atoms with E-state index in [0.717, 1.165) is 17.6 Å². The van der Waals surface area contributed by atoms with Gasteiger partial charge in [0.15, 0.2) is 0 Å². The molecule has 2 aromatic rings. The molecule has 136 valence electrons. The largest absolute Gasteiger partial charge is 0.497 e. The Morgan fingerprint density at radius 3 is 2.60 bits per heavy atom. The Morgan fingerprint density at radius 1 is 1.32 bits per heavy atom. The fourth-order valence-electron chi connectivity index (χ4n) is 1.99. The number of carbonyl (C=O) groups is 1. The van der Waals surface area contributed by atoms with Gasteiger partial charge in [-0.15, -0.1) is 0 Å². The number of rotatable bonds is 8. The lowest BCUT2D eigenvalue weighted by molar-refractivity contribution is -0.121. The van der Waals surface area contributed by atoms with Gasteiger partial charge in [0, 0.05) is 18.5 Å². The second kappa shape index (κ2) is 8.08. The van der Waals surface area contributed by atoms with Crippen LogP contribution in [0.1, 0.15) is 25.3 Å². The average Bonchev–Trinajstić information content (AvgIpc) is 3.03. The summed E-state index contributed by atoms with van der Waals surface area (Å²) in [7, 11) is -1.73. The lowest BCUT2D eigenvalue weighted by atomic mass is 10.2. The molecule has 0 saturated heterocycles. The molecule has 0 bridgehead atoms. The summed E-state index contributed by atoms with van der Waals surface area (Å²) in [5, 5.41) is 6.57. The van der Waals surface area contributed by atoms with Crippen molar-refractivity contribution >= 4 is 15.9 Å².